The Hall–Kier alpha value is -2.06. The van der Waals surface area contributed by atoms with E-state index in [9.17, 15) is 0 Å². The number of H-pyrrole nitrogens is 1. The summed E-state index contributed by atoms with van der Waals surface area (Å²) in [6, 6.07) is 16.3. The fraction of sp³-hybridized carbons (Fsp3) is 0.263. The SMILES string of the molecule is CN1Cc2ccccc2[C@H]2c3cccc4[nH]cc(c34)C[C@H]21. The minimum absolute atomic E-state index is 0.506. The van der Waals surface area contributed by atoms with Crippen molar-refractivity contribution in [2.24, 2.45) is 0 Å². The van der Waals surface area contributed by atoms with Gasteiger partial charge in [-0.25, -0.2) is 0 Å². The summed E-state index contributed by atoms with van der Waals surface area (Å²) in [6.07, 6.45) is 3.35. The summed E-state index contributed by atoms with van der Waals surface area (Å²) in [5.41, 5.74) is 7.27. The van der Waals surface area contributed by atoms with Gasteiger partial charge < -0.3 is 4.98 Å². The summed E-state index contributed by atoms with van der Waals surface area (Å²) in [4.78, 5) is 5.98. The number of hydrogen-bond acceptors (Lipinski definition) is 1. The number of nitrogens with zero attached hydrogens (tertiary/aromatic N) is 1. The standard InChI is InChI=1S/C19H18N2/c1-21-11-12-5-2-3-6-14(12)19-15-7-4-8-16-18(15)13(10-20-16)9-17(19)21/h2-8,10,17,19-20H,9,11H2,1H3/t17-,19+/m1/s1. The number of aromatic amines is 1. The molecule has 1 aliphatic carbocycles. The molecule has 0 spiro atoms. The molecule has 2 atom stereocenters. The second kappa shape index (κ2) is 3.99. The third-order valence-corrected chi connectivity index (χ3v) is 5.34. The van der Waals surface area contributed by atoms with Gasteiger partial charge in [0.1, 0.15) is 0 Å². The number of likely N-dealkylation sites (N-methyl/N-ethyl adjacent to an activating group) is 1. The molecule has 0 bridgehead atoms. The highest BCUT2D eigenvalue weighted by Crippen LogP contribution is 2.45. The van der Waals surface area contributed by atoms with Crippen LogP contribution in [0.5, 0.6) is 0 Å². The summed E-state index contributed by atoms with van der Waals surface area (Å²) in [7, 11) is 2.27. The van der Waals surface area contributed by atoms with Crippen LogP contribution in [0.2, 0.25) is 0 Å². The second-order valence-corrected chi connectivity index (χ2v) is 6.45. The molecule has 1 aromatic heterocycles. The molecule has 104 valence electrons. The molecule has 2 heterocycles. The largest absolute Gasteiger partial charge is 0.361 e. The van der Waals surface area contributed by atoms with Crippen LogP contribution in [-0.4, -0.2) is 23.0 Å². The van der Waals surface area contributed by atoms with Crippen LogP contribution in [-0.2, 0) is 13.0 Å². The van der Waals surface area contributed by atoms with Crippen LogP contribution >= 0.6 is 0 Å². The number of rotatable bonds is 0. The van der Waals surface area contributed by atoms with Gasteiger partial charge in [0.05, 0.1) is 0 Å². The molecule has 2 aliphatic rings. The fourth-order valence-electron chi connectivity index (χ4n) is 4.41. The minimum atomic E-state index is 0.506. The first-order chi connectivity index (χ1) is 10.3. The molecule has 0 saturated carbocycles. The molecule has 2 nitrogen and oxygen atoms in total. The van der Waals surface area contributed by atoms with Gasteiger partial charge in [-0.1, -0.05) is 36.4 Å². The Morgan fingerprint density at radius 3 is 2.81 bits per heavy atom. The monoisotopic (exact) mass is 274 g/mol. The molecule has 1 aliphatic heterocycles. The summed E-state index contributed by atoms with van der Waals surface area (Å²) in [5.74, 6) is 0.506. The van der Waals surface area contributed by atoms with Gasteiger partial charge in [0.15, 0.2) is 0 Å². The normalized spacial score (nSPS) is 23.9. The lowest BCUT2D eigenvalue weighted by Crippen LogP contribution is -2.44. The van der Waals surface area contributed by atoms with Crippen LogP contribution in [0.15, 0.2) is 48.7 Å². The highest BCUT2D eigenvalue weighted by molar-refractivity contribution is 5.89. The predicted molar refractivity (Wildman–Crippen MR) is 85.5 cm³/mol. The van der Waals surface area contributed by atoms with Crippen molar-refractivity contribution in [3.8, 4) is 0 Å². The number of benzene rings is 2. The van der Waals surface area contributed by atoms with Crippen LogP contribution in [0.4, 0.5) is 0 Å². The Morgan fingerprint density at radius 1 is 1.00 bits per heavy atom. The first kappa shape index (κ1) is 11.6. The Kier molecular flexibility index (Phi) is 2.20. The Morgan fingerprint density at radius 2 is 1.86 bits per heavy atom. The molecule has 21 heavy (non-hydrogen) atoms. The Balaban J connectivity index is 1.84. The topological polar surface area (TPSA) is 19.0 Å². The molecule has 0 fully saturated rings. The van der Waals surface area contributed by atoms with Crippen LogP contribution in [0, 0.1) is 0 Å². The van der Waals surface area contributed by atoms with E-state index in [4.69, 9.17) is 0 Å². The van der Waals surface area contributed by atoms with E-state index in [2.05, 4.69) is 65.6 Å². The van der Waals surface area contributed by atoms with Crippen molar-refractivity contribution in [1.82, 2.24) is 9.88 Å². The van der Waals surface area contributed by atoms with Crippen molar-refractivity contribution in [2.45, 2.75) is 24.9 Å². The van der Waals surface area contributed by atoms with E-state index < -0.39 is 0 Å². The summed E-state index contributed by atoms with van der Waals surface area (Å²) in [6.45, 7) is 1.06. The maximum absolute atomic E-state index is 3.45. The fourth-order valence-corrected chi connectivity index (χ4v) is 4.41. The Bertz CT molecular complexity index is 846. The number of hydrogen-bond donors (Lipinski definition) is 1. The van der Waals surface area contributed by atoms with Crippen molar-refractivity contribution in [3.63, 3.8) is 0 Å². The van der Waals surface area contributed by atoms with Crippen LogP contribution in [0.3, 0.4) is 0 Å². The molecule has 0 radical (unpaired) electrons. The number of aromatic nitrogens is 1. The van der Waals surface area contributed by atoms with Gasteiger partial charge in [0.25, 0.3) is 0 Å². The molecule has 0 unspecified atom stereocenters. The van der Waals surface area contributed by atoms with E-state index >= 15 is 0 Å². The Labute approximate surface area is 124 Å². The van der Waals surface area contributed by atoms with Crippen LogP contribution < -0.4 is 0 Å². The minimum Gasteiger partial charge on any atom is -0.361 e. The van der Waals surface area contributed by atoms with Gasteiger partial charge in [-0.3, -0.25) is 4.90 Å². The van der Waals surface area contributed by atoms with E-state index in [1.807, 2.05) is 0 Å². The zero-order chi connectivity index (χ0) is 14.0. The third-order valence-electron chi connectivity index (χ3n) is 5.34. The lowest BCUT2D eigenvalue weighted by atomic mass is 9.72. The molecule has 0 amide bonds. The average molecular weight is 274 g/mol. The molecular weight excluding hydrogens is 256 g/mol. The smallest absolute Gasteiger partial charge is 0.0459 e. The first-order valence-corrected chi connectivity index (χ1v) is 7.70. The zero-order valence-corrected chi connectivity index (χ0v) is 12.1. The summed E-state index contributed by atoms with van der Waals surface area (Å²) in [5, 5.41) is 1.46. The van der Waals surface area contributed by atoms with E-state index in [1.165, 1.54) is 33.2 Å². The van der Waals surface area contributed by atoms with Crippen molar-refractivity contribution >= 4 is 10.9 Å². The van der Waals surface area contributed by atoms with E-state index in [0.29, 0.717) is 12.0 Å². The quantitative estimate of drug-likeness (QED) is 0.662. The molecular formula is C19H18N2. The van der Waals surface area contributed by atoms with Crippen LogP contribution in [0.25, 0.3) is 10.9 Å². The first-order valence-electron chi connectivity index (χ1n) is 7.70. The summed E-state index contributed by atoms with van der Waals surface area (Å²) < 4.78 is 0. The van der Waals surface area contributed by atoms with E-state index in [-0.39, 0.29) is 0 Å². The molecule has 5 rings (SSSR count). The lowest BCUT2D eigenvalue weighted by Gasteiger charge is -2.43. The van der Waals surface area contributed by atoms with E-state index in [0.717, 1.165) is 13.0 Å². The molecule has 1 N–H and O–H groups in total. The van der Waals surface area contributed by atoms with Gasteiger partial charge >= 0.3 is 0 Å². The van der Waals surface area contributed by atoms with E-state index in [1.54, 1.807) is 0 Å². The van der Waals surface area contributed by atoms with Gasteiger partial charge in [-0.15, -0.1) is 0 Å². The number of nitrogens with one attached hydrogen (secondary N) is 1. The second-order valence-electron chi connectivity index (χ2n) is 6.45. The molecule has 3 aromatic rings. The average Bonchev–Trinajstić information content (AvgIpc) is 2.93. The van der Waals surface area contributed by atoms with Gasteiger partial charge in [0, 0.05) is 35.6 Å². The highest BCUT2D eigenvalue weighted by Gasteiger charge is 2.38. The van der Waals surface area contributed by atoms with Crippen molar-refractivity contribution in [3.05, 3.63) is 70.9 Å². The predicted octanol–water partition coefficient (Wildman–Crippen LogP) is 3.67. The maximum Gasteiger partial charge on any atom is 0.0459 e. The third kappa shape index (κ3) is 1.46. The lowest BCUT2D eigenvalue weighted by molar-refractivity contribution is 0.193. The maximum atomic E-state index is 3.45. The molecule has 2 aromatic carbocycles. The number of fused-ring (bicyclic) bond motifs is 4. The van der Waals surface area contributed by atoms with Crippen molar-refractivity contribution < 1.29 is 0 Å². The summed E-state index contributed by atoms with van der Waals surface area (Å²) >= 11 is 0. The van der Waals surface area contributed by atoms with Gasteiger partial charge in [-0.05, 0) is 41.8 Å². The van der Waals surface area contributed by atoms with Gasteiger partial charge in [0.2, 0.25) is 0 Å². The highest BCUT2D eigenvalue weighted by atomic mass is 15.1. The molecule has 2 heteroatoms. The van der Waals surface area contributed by atoms with Crippen molar-refractivity contribution in [1.29, 1.82) is 0 Å². The zero-order valence-electron chi connectivity index (χ0n) is 12.1. The molecule has 0 saturated heterocycles. The van der Waals surface area contributed by atoms with Gasteiger partial charge in [-0.2, -0.15) is 0 Å². The van der Waals surface area contributed by atoms with Crippen molar-refractivity contribution in [2.75, 3.05) is 7.05 Å². The van der Waals surface area contributed by atoms with Crippen LogP contribution in [0.1, 0.15) is 28.2 Å².